The molecule has 19 heavy (non-hydrogen) atoms. The van der Waals surface area contributed by atoms with E-state index in [1.807, 2.05) is 0 Å². The van der Waals surface area contributed by atoms with Gasteiger partial charge in [-0.1, -0.05) is 80.3 Å². The van der Waals surface area contributed by atoms with E-state index in [0.29, 0.717) is 12.8 Å². The number of hydrogen-bond donors (Lipinski definition) is 0. The van der Waals surface area contributed by atoms with E-state index < -0.39 is 3.79 Å². The van der Waals surface area contributed by atoms with E-state index in [4.69, 9.17) is 34.8 Å². The molecule has 0 heterocycles. The van der Waals surface area contributed by atoms with Crippen LogP contribution in [-0.2, 0) is 9.53 Å². The summed E-state index contributed by atoms with van der Waals surface area (Å²) in [6, 6.07) is 0. The van der Waals surface area contributed by atoms with Crippen LogP contribution >= 0.6 is 34.8 Å². The molecule has 0 saturated heterocycles. The van der Waals surface area contributed by atoms with Gasteiger partial charge in [-0.05, 0) is 12.8 Å². The van der Waals surface area contributed by atoms with E-state index in [1.165, 1.54) is 32.8 Å². The fourth-order valence-electron chi connectivity index (χ4n) is 2.04. The van der Waals surface area contributed by atoms with Crippen molar-refractivity contribution >= 4 is 40.8 Å². The van der Waals surface area contributed by atoms with Crippen molar-refractivity contribution in [3.05, 3.63) is 0 Å². The zero-order chi connectivity index (χ0) is 14.7. The van der Waals surface area contributed by atoms with Gasteiger partial charge >= 0.3 is 5.97 Å². The Morgan fingerprint density at radius 3 is 2.16 bits per heavy atom. The Balaban J connectivity index is 3.91. The summed E-state index contributed by atoms with van der Waals surface area (Å²) in [5.41, 5.74) is 0. The van der Waals surface area contributed by atoms with Crippen LogP contribution in [0.15, 0.2) is 0 Å². The molecular formula is C14H25Cl3O2. The quantitative estimate of drug-likeness (QED) is 0.292. The second kappa shape index (κ2) is 11.0. The van der Waals surface area contributed by atoms with E-state index in [1.54, 1.807) is 0 Å². The van der Waals surface area contributed by atoms with Crippen molar-refractivity contribution in [1.29, 1.82) is 0 Å². The molecule has 0 saturated carbocycles. The molecule has 1 unspecified atom stereocenters. The van der Waals surface area contributed by atoms with Crippen molar-refractivity contribution in [2.24, 2.45) is 5.92 Å². The van der Waals surface area contributed by atoms with Crippen LogP contribution in [0.5, 0.6) is 0 Å². The number of hydrogen-bond acceptors (Lipinski definition) is 2. The minimum Gasteiger partial charge on any atom is -0.469 e. The van der Waals surface area contributed by atoms with Gasteiger partial charge in [0.15, 0.2) is 3.79 Å². The van der Waals surface area contributed by atoms with Gasteiger partial charge in [-0.15, -0.1) is 0 Å². The number of esters is 1. The first-order valence-corrected chi connectivity index (χ1v) is 8.18. The lowest BCUT2D eigenvalue weighted by Gasteiger charge is -2.24. The first-order chi connectivity index (χ1) is 8.91. The Morgan fingerprint density at radius 1 is 1.05 bits per heavy atom. The van der Waals surface area contributed by atoms with Gasteiger partial charge in [0, 0.05) is 12.3 Å². The molecule has 0 amide bonds. The van der Waals surface area contributed by atoms with Crippen molar-refractivity contribution in [3.8, 4) is 0 Å². The molecule has 1 atom stereocenters. The zero-order valence-corrected chi connectivity index (χ0v) is 14.2. The van der Waals surface area contributed by atoms with Gasteiger partial charge < -0.3 is 4.74 Å². The van der Waals surface area contributed by atoms with Crippen LogP contribution in [0.1, 0.15) is 64.7 Å². The summed E-state index contributed by atoms with van der Waals surface area (Å²) >= 11 is 17.9. The monoisotopic (exact) mass is 330 g/mol. The molecule has 0 N–H and O–H groups in total. The van der Waals surface area contributed by atoms with E-state index in [2.05, 4.69) is 11.7 Å². The lowest BCUT2D eigenvalue weighted by molar-refractivity contribution is -0.140. The second-order valence-corrected chi connectivity index (χ2v) is 7.28. The fraction of sp³-hybridized carbons (Fsp3) is 0.929. The molecular weight excluding hydrogens is 307 g/mol. The summed E-state index contributed by atoms with van der Waals surface area (Å²) < 4.78 is 3.32. The molecule has 0 aromatic heterocycles. The number of carbonyl (C=O) groups is 1. The molecule has 114 valence electrons. The minimum absolute atomic E-state index is 0.0808. The topological polar surface area (TPSA) is 26.3 Å². The SMILES string of the molecule is CCCCCCCCC(CCC(=O)OC)C(Cl)(Cl)Cl. The predicted molar refractivity (Wildman–Crippen MR) is 83.0 cm³/mol. The Kier molecular flexibility index (Phi) is 11.2. The summed E-state index contributed by atoms with van der Waals surface area (Å²) in [5, 5.41) is 0. The first kappa shape index (κ1) is 19.3. The van der Waals surface area contributed by atoms with Crippen LogP contribution in [0.25, 0.3) is 0 Å². The van der Waals surface area contributed by atoms with Crippen LogP contribution in [0.2, 0.25) is 0 Å². The summed E-state index contributed by atoms with van der Waals surface area (Å²) in [5.74, 6) is -0.329. The van der Waals surface area contributed by atoms with Gasteiger partial charge in [0.05, 0.1) is 7.11 Å². The van der Waals surface area contributed by atoms with Crippen molar-refractivity contribution in [2.75, 3.05) is 7.11 Å². The summed E-state index contributed by atoms with van der Waals surface area (Å²) in [6.45, 7) is 2.20. The smallest absolute Gasteiger partial charge is 0.305 e. The van der Waals surface area contributed by atoms with Crippen LogP contribution in [-0.4, -0.2) is 16.9 Å². The van der Waals surface area contributed by atoms with E-state index in [-0.39, 0.29) is 11.9 Å². The minimum atomic E-state index is -1.29. The number of methoxy groups -OCH3 is 1. The van der Waals surface area contributed by atoms with E-state index in [9.17, 15) is 4.79 Å². The van der Waals surface area contributed by atoms with E-state index >= 15 is 0 Å². The Labute approximate surface area is 132 Å². The average molecular weight is 332 g/mol. The predicted octanol–water partition coefficient (Wildman–Crippen LogP) is 5.68. The third kappa shape index (κ3) is 10.8. The molecule has 0 aliphatic rings. The molecule has 0 bridgehead atoms. The highest BCUT2D eigenvalue weighted by Gasteiger charge is 2.32. The maximum atomic E-state index is 11.1. The van der Waals surface area contributed by atoms with Crippen molar-refractivity contribution in [3.63, 3.8) is 0 Å². The largest absolute Gasteiger partial charge is 0.469 e. The molecule has 0 fully saturated rings. The lowest BCUT2D eigenvalue weighted by Crippen LogP contribution is -2.20. The molecule has 0 rings (SSSR count). The van der Waals surface area contributed by atoms with Crippen molar-refractivity contribution in [1.82, 2.24) is 0 Å². The Hall–Kier alpha value is 0.340. The number of unbranched alkanes of at least 4 members (excludes halogenated alkanes) is 5. The number of ether oxygens (including phenoxy) is 1. The van der Waals surface area contributed by atoms with Crippen LogP contribution in [0, 0.1) is 5.92 Å². The highest BCUT2D eigenvalue weighted by molar-refractivity contribution is 6.67. The first-order valence-electron chi connectivity index (χ1n) is 7.05. The van der Waals surface area contributed by atoms with Gasteiger partial charge in [0.1, 0.15) is 0 Å². The molecule has 0 aliphatic carbocycles. The molecule has 5 heteroatoms. The Morgan fingerprint density at radius 2 is 1.63 bits per heavy atom. The van der Waals surface area contributed by atoms with Crippen molar-refractivity contribution in [2.45, 2.75) is 68.5 Å². The molecule has 0 aliphatic heterocycles. The van der Waals surface area contributed by atoms with Gasteiger partial charge in [0.2, 0.25) is 0 Å². The highest BCUT2D eigenvalue weighted by atomic mass is 35.6. The van der Waals surface area contributed by atoms with Crippen LogP contribution < -0.4 is 0 Å². The fourth-order valence-corrected chi connectivity index (χ4v) is 2.69. The zero-order valence-electron chi connectivity index (χ0n) is 11.9. The Bertz CT molecular complexity index is 239. The lowest BCUT2D eigenvalue weighted by atomic mass is 9.97. The number of halogens is 3. The highest BCUT2D eigenvalue weighted by Crippen LogP contribution is 2.40. The second-order valence-electron chi connectivity index (χ2n) is 4.91. The molecule has 0 aromatic rings. The summed E-state index contributed by atoms with van der Waals surface area (Å²) in [4.78, 5) is 11.1. The number of carbonyl (C=O) groups excluding carboxylic acids is 1. The third-order valence-corrected chi connectivity index (χ3v) is 4.22. The standard InChI is InChI=1S/C14H25Cl3O2/c1-3-4-5-6-7-8-9-12(14(15,16)17)10-11-13(18)19-2/h12H,3-11H2,1-2H3. The molecule has 2 nitrogen and oxygen atoms in total. The molecule has 0 radical (unpaired) electrons. The molecule has 0 aromatic carbocycles. The third-order valence-electron chi connectivity index (χ3n) is 3.29. The van der Waals surface area contributed by atoms with Gasteiger partial charge in [0.25, 0.3) is 0 Å². The van der Waals surface area contributed by atoms with Crippen molar-refractivity contribution < 1.29 is 9.53 Å². The number of alkyl halides is 3. The summed E-state index contributed by atoms with van der Waals surface area (Å²) in [7, 11) is 1.38. The molecule has 0 spiro atoms. The maximum absolute atomic E-state index is 11.1. The van der Waals surface area contributed by atoms with E-state index in [0.717, 1.165) is 19.3 Å². The average Bonchev–Trinajstić information content (AvgIpc) is 2.35. The van der Waals surface area contributed by atoms with Gasteiger partial charge in [-0.3, -0.25) is 4.79 Å². The van der Waals surface area contributed by atoms with Crippen LogP contribution in [0.3, 0.4) is 0 Å². The van der Waals surface area contributed by atoms with Gasteiger partial charge in [-0.25, -0.2) is 0 Å². The number of rotatable bonds is 10. The summed E-state index contributed by atoms with van der Waals surface area (Å²) in [6.07, 6.45) is 8.97. The maximum Gasteiger partial charge on any atom is 0.305 e. The van der Waals surface area contributed by atoms with Gasteiger partial charge in [-0.2, -0.15) is 0 Å². The normalized spacial score (nSPS) is 13.3. The van der Waals surface area contributed by atoms with Crippen LogP contribution in [0.4, 0.5) is 0 Å².